The van der Waals surface area contributed by atoms with Gasteiger partial charge in [-0.3, -0.25) is 0 Å². The van der Waals surface area contributed by atoms with E-state index in [9.17, 15) is 4.79 Å². The maximum Gasteiger partial charge on any atom is 0.226 e. The highest BCUT2D eigenvalue weighted by Crippen LogP contribution is 2.27. The van der Waals surface area contributed by atoms with Crippen molar-refractivity contribution in [2.45, 2.75) is 45.6 Å². The summed E-state index contributed by atoms with van der Waals surface area (Å²) in [6.45, 7) is 6.56. The zero-order valence-electron chi connectivity index (χ0n) is 17.2. The normalized spacial score (nSPS) is 17.0. The van der Waals surface area contributed by atoms with Crippen LogP contribution in [0.15, 0.2) is 52.9 Å². The van der Waals surface area contributed by atoms with Crippen molar-refractivity contribution in [3.05, 3.63) is 65.5 Å². The standard InChI is InChI=1S/C25H28N2O2/c1-18-4-3-15-27(18)16-13-24-19(2)29-25(26-24)23-11-9-22(10-12-23)21-7-5-20(6-8-21)14-17-28/h5-12,17-18H,3-4,13-16H2,1-2H3/t18-/m1/s1. The van der Waals surface area contributed by atoms with Crippen molar-refractivity contribution in [3.8, 4) is 22.6 Å². The molecule has 1 atom stereocenters. The monoisotopic (exact) mass is 388 g/mol. The van der Waals surface area contributed by atoms with Crippen LogP contribution in [0.25, 0.3) is 22.6 Å². The van der Waals surface area contributed by atoms with Crippen LogP contribution in [-0.4, -0.2) is 35.3 Å². The zero-order chi connectivity index (χ0) is 20.2. The van der Waals surface area contributed by atoms with Gasteiger partial charge in [-0.1, -0.05) is 36.4 Å². The van der Waals surface area contributed by atoms with Gasteiger partial charge in [-0.25, -0.2) is 4.98 Å². The molecule has 0 amide bonds. The maximum atomic E-state index is 10.6. The third-order valence-electron chi connectivity index (χ3n) is 5.96. The highest BCUT2D eigenvalue weighted by Gasteiger charge is 2.21. The van der Waals surface area contributed by atoms with Crippen LogP contribution in [0, 0.1) is 6.92 Å². The number of oxazole rings is 1. The van der Waals surface area contributed by atoms with Crippen LogP contribution in [-0.2, 0) is 17.6 Å². The number of rotatable bonds is 7. The molecule has 0 unspecified atom stereocenters. The smallest absolute Gasteiger partial charge is 0.226 e. The largest absolute Gasteiger partial charge is 0.441 e. The SMILES string of the molecule is Cc1oc(-c2ccc(-c3ccc(CC=O)cc3)cc2)nc1CCN1CCC[C@H]1C. The van der Waals surface area contributed by atoms with Gasteiger partial charge in [-0.15, -0.1) is 0 Å². The topological polar surface area (TPSA) is 46.3 Å². The molecule has 29 heavy (non-hydrogen) atoms. The van der Waals surface area contributed by atoms with Gasteiger partial charge in [0.2, 0.25) is 5.89 Å². The number of aldehydes is 1. The molecule has 0 N–H and O–H groups in total. The van der Waals surface area contributed by atoms with E-state index in [1.165, 1.54) is 19.4 Å². The van der Waals surface area contributed by atoms with Crippen LogP contribution >= 0.6 is 0 Å². The van der Waals surface area contributed by atoms with Crippen LogP contribution in [0.4, 0.5) is 0 Å². The van der Waals surface area contributed by atoms with E-state index < -0.39 is 0 Å². The second-order valence-corrected chi connectivity index (χ2v) is 7.94. The Bertz CT molecular complexity index is 957. The number of likely N-dealkylation sites (tertiary alicyclic amines) is 1. The highest BCUT2D eigenvalue weighted by molar-refractivity contribution is 5.68. The van der Waals surface area contributed by atoms with Gasteiger partial charge in [0.1, 0.15) is 12.0 Å². The summed E-state index contributed by atoms with van der Waals surface area (Å²) in [7, 11) is 0. The Morgan fingerprint density at radius 3 is 2.34 bits per heavy atom. The van der Waals surface area contributed by atoms with Crippen LogP contribution in [0.2, 0.25) is 0 Å². The molecule has 4 rings (SSSR count). The van der Waals surface area contributed by atoms with E-state index in [1.807, 2.05) is 19.1 Å². The quantitative estimate of drug-likeness (QED) is 0.529. The van der Waals surface area contributed by atoms with E-state index in [0.717, 1.165) is 53.0 Å². The molecule has 1 aliphatic heterocycles. The molecule has 0 saturated carbocycles. The Labute approximate surface area is 172 Å². The van der Waals surface area contributed by atoms with Gasteiger partial charge in [0.05, 0.1) is 5.69 Å². The lowest BCUT2D eigenvalue weighted by Crippen LogP contribution is -2.29. The molecule has 4 heteroatoms. The molecule has 1 aromatic heterocycles. The summed E-state index contributed by atoms with van der Waals surface area (Å²) < 4.78 is 5.97. The van der Waals surface area contributed by atoms with Gasteiger partial charge in [0.25, 0.3) is 0 Å². The molecule has 0 bridgehead atoms. The molecule has 2 heterocycles. The minimum absolute atomic E-state index is 0.460. The fraction of sp³-hybridized carbons (Fsp3) is 0.360. The van der Waals surface area contributed by atoms with Gasteiger partial charge >= 0.3 is 0 Å². The van der Waals surface area contributed by atoms with E-state index >= 15 is 0 Å². The predicted octanol–water partition coefficient (Wildman–Crippen LogP) is 5.09. The lowest BCUT2D eigenvalue weighted by molar-refractivity contribution is -0.107. The summed E-state index contributed by atoms with van der Waals surface area (Å²) in [5.74, 6) is 1.61. The summed E-state index contributed by atoms with van der Waals surface area (Å²) in [5, 5.41) is 0. The van der Waals surface area contributed by atoms with Crippen molar-refractivity contribution < 1.29 is 9.21 Å². The minimum Gasteiger partial charge on any atom is -0.441 e. The van der Waals surface area contributed by atoms with Crippen LogP contribution in [0.5, 0.6) is 0 Å². The van der Waals surface area contributed by atoms with Gasteiger partial charge in [-0.05, 0) is 62.1 Å². The highest BCUT2D eigenvalue weighted by atomic mass is 16.4. The first-order valence-electron chi connectivity index (χ1n) is 10.5. The van der Waals surface area contributed by atoms with Crippen molar-refractivity contribution >= 4 is 6.29 Å². The maximum absolute atomic E-state index is 10.6. The number of benzene rings is 2. The molecule has 1 saturated heterocycles. The Hall–Kier alpha value is -2.72. The third kappa shape index (κ3) is 4.48. The number of hydrogen-bond donors (Lipinski definition) is 0. The second kappa shape index (κ2) is 8.75. The first-order chi connectivity index (χ1) is 14.1. The van der Waals surface area contributed by atoms with Crippen molar-refractivity contribution in [3.63, 3.8) is 0 Å². The number of hydrogen-bond acceptors (Lipinski definition) is 4. The van der Waals surface area contributed by atoms with Gasteiger partial charge < -0.3 is 14.1 Å². The van der Waals surface area contributed by atoms with E-state index in [2.05, 4.69) is 48.2 Å². The molecular weight excluding hydrogens is 360 g/mol. The van der Waals surface area contributed by atoms with Crippen molar-refractivity contribution in [2.75, 3.05) is 13.1 Å². The Morgan fingerprint density at radius 1 is 1.07 bits per heavy atom. The van der Waals surface area contributed by atoms with E-state index in [0.29, 0.717) is 18.4 Å². The Balaban J connectivity index is 1.45. The molecule has 1 aliphatic rings. The lowest BCUT2D eigenvalue weighted by atomic mass is 10.0. The van der Waals surface area contributed by atoms with Crippen molar-refractivity contribution in [1.29, 1.82) is 0 Å². The van der Waals surface area contributed by atoms with Crippen molar-refractivity contribution in [2.24, 2.45) is 0 Å². The molecule has 3 aromatic rings. The second-order valence-electron chi connectivity index (χ2n) is 7.94. The van der Waals surface area contributed by atoms with E-state index in [-0.39, 0.29) is 0 Å². The van der Waals surface area contributed by atoms with Gasteiger partial charge in [0, 0.05) is 31.0 Å². The number of aryl methyl sites for hydroxylation is 1. The first kappa shape index (κ1) is 19.6. The third-order valence-corrected chi connectivity index (χ3v) is 5.96. The Morgan fingerprint density at radius 2 is 1.72 bits per heavy atom. The molecule has 0 aliphatic carbocycles. The van der Waals surface area contributed by atoms with Gasteiger partial charge in [0.15, 0.2) is 0 Å². The number of nitrogens with zero attached hydrogens (tertiary/aromatic N) is 2. The van der Waals surface area contributed by atoms with Crippen molar-refractivity contribution in [1.82, 2.24) is 9.88 Å². The average molecular weight is 389 g/mol. The molecule has 0 radical (unpaired) electrons. The fourth-order valence-electron chi connectivity index (χ4n) is 4.09. The number of carbonyl (C=O) groups excluding carboxylic acids is 1. The van der Waals surface area contributed by atoms with Gasteiger partial charge in [-0.2, -0.15) is 0 Å². The first-order valence-corrected chi connectivity index (χ1v) is 10.5. The summed E-state index contributed by atoms with van der Waals surface area (Å²) in [6.07, 6.45) is 4.93. The predicted molar refractivity (Wildman–Crippen MR) is 116 cm³/mol. The molecule has 2 aromatic carbocycles. The summed E-state index contributed by atoms with van der Waals surface area (Å²) in [6, 6.07) is 17.1. The number of aromatic nitrogens is 1. The molecule has 0 spiro atoms. The fourth-order valence-corrected chi connectivity index (χ4v) is 4.09. The summed E-state index contributed by atoms with van der Waals surface area (Å²) >= 11 is 0. The molecule has 1 fully saturated rings. The van der Waals surface area contributed by atoms with Crippen LogP contribution in [0.1, 0.15) is 36.8 Å². The van der Waals surface area contributed by atoms with E-state index in [1.54, 1.807) is 0 Å². The van der Waals surface area contributed by atoms with E-state index in [4.69, 9.17) is 9.40 Å². The summed E-state index contributed by atoms with van der Waals surface area (Å²) in [4.78, 5) is 18.0. The number of carbonyl (C=O) groups is 1. The van der Waals surface area contributed by atoms with Crippen LogP contribution in [0.3, 0.4) is 0 Å². The zero-order valence-corrected chi connectivity index (χ0v) is 17.2. The lowest BCUT2D eigenvalue weighted by Gasteiger charge is -2.20. The van der Waals surface area contributed by atoms with Crippen LogP contribution < -0.4 is 0 Å². The molecule has 150 valence electrons. The minimum atomic E-state index is 0.460. The Kier molecular flexibility index (Phi) is 5.91. The summed E-state index contributed by atoms with van der Waals surface area (Å²) in [5.41, 5.74) is 5.36. The average Bonchev–Trinajstić information content (AvgIpc) is 3.32. The molecular formula is C25H28N2O2. The molecule has 4 nitrogen and oxygen atoms in total.